The van der Waals surface area contributed by atoms with E-state index >= 15 is 0 Å². The Balaban J connectivity index is 2.83. The fraction of sp³-hybridized carbons (Fsp3) is 0.846. The fourth-order valence-electron chi connectivity index (χ4n) is 1.52. The van der Waals surface area contributed by atoms with Crippen molar-refractivity contribution >= 4 is 0 Å². The first kappa shape index (κ1) is 12.7. The first-order valence-electron chi connectivity index (χ1n) is 5.90. The minimum atomic E-state index is 1.23. The van der Waals surface area contributed by atoms with Crippen LogP contribution in [-0.2, 0) is 0 Å². The summed E-state index contributed by atoms with van der Waals surface area (Å²) in [6.07, 6.45) is 17.8. The number of rotatable bonds is 9. The molecule has 0 heterocycles. The van der Waals surface area contributed by atoms with Gasteiger partial charge in [0.25, 0.3) is 0 Å². The van der Waals surface area contributed by atoms with Crippen LogP contribution in [0.3, 0.4) is 0 Å². The van der Waals surface area contributed by atoms with Gasteiger partial charge in [0, 0.05) is 0 Å². The van der Waals surface area contributed by atoms with Crippen LogP contribution in [0.1, 0.15) is 71.6 Å². The summed E-state index contributed by atoms with van der Waals surface area (Å²) in [4.78, 5) is 0. The molecule has 0 aliphatic carbocycles. The molecule has 0 spiro atoms. The summed E-state index contributed by atoms with van der Waals surface area (Å²) in [5.74, 6) is 0. The van der Waals surface area contributed by atoms with Gasteiger partial charge in [0.1, 0.15) is 0 Å². The molecule has 0 saturated heterocycles. The van der Waals surface area contributed by atoms with Crippen molar-refractivity contribution in [3.8, 4) is 0 Å². The van der Waals surface area contributed by atoms with Crippen molar-refractivity contribution in [1.82, 2.24) is 0 Å². The van der Waals surface area contributed by atoms with Crippen LogP contribution in [0.4, 0.5) is 0 Å². The molecule has 0 rings (SSSR count). The Hall–Kier alpha value is -0.260. The molecular weight excluding hydrogens is 156 g/mol. The third-order valence-corrected chi connectivity index (χ3v) is 2.41. The van der Waals surface area contributed by atoms with E-state index in [4.69, 9.17) is 0 Å². The van der Waals surface area contributed by atoms with Crippen molar-refractivity contribution in [3.05, 3.63) is 12.2 Å². The number of allylic oxidation sites excluding steroid dienone is 2. The van der Waals surface area contributed by atoms with Gasteiger partial charge < -0.3 is 0 Å². The topological polar surface area (TPSA) is 0 Å². The molecule has 0 N–H and O–H groups in total. The van der Waals surface area contributed by atoms with Crippen LogP contribution in [0.5, 0.6) is 0 Å². The van der Waals surface area contributed by atoms with Crippen molar-refractivity contribution in [2.24, 2.45) is 0 Å². The summed E-state index contributed by atoms with van der Waals surface area (Å²) in [5.41, 5.74) is 0. The molecule has 0 aromatic rings. The molecule has 0 aromatic carbocycles. The smallest absolute Gasteiger partial charge is 0.0345 e. The molecule has 0 saturated carbocycles. The Morgan fingerprint density at radius 2 is 1.38 bits per heavy atom. The van der Waals surface area contributed by atoms with Crippen LogP contribution in [0.2, 0.25) is 0 Å². The van der Waals surface area contributed by atoms with Gasteiger partial charge in [-0.15, -0.1) is 0 Å². The Labute approximate surface area is 84.4 Å². The first-order chi connectivity index (χ1) is 6.41. The monoisotopic (exact) mass is 181 g/mol. The van der Waals surface area contributed by atoms with Crippen LogP contribution < -0.4 is 0 Å². The second kappa shape index (κ2) is 11.7. The van der Waals surface area contributed by atoms with Gasteiger partial charge in [0.05, 0.1) is 0 Å². The van der Waals surface area contributed by atoms with Gasteiger partial charge in [0.15, 0.2) is 0 Å². The highest BCUT2D eigenvalue weighted by molar-refractivity contribution is 4.69. The zero-order valence-corrected chi connectivity index (χ0v) is 9.44. The molecule has 0 aliphatic heterocycles. The van der Waals surface area contributed by atoms with Crippen LogP contribution >= 0.6 is 0 Å². The summed E-state index contributed by atoms with van der Waals surface area (Å²) in [5, 5.41) is 0. The van der Waals surface area contributed by atoms with Crippen molar-refractivity contribution in [1.29, 1.82) is 0 Å². The minimum absolute atomic E-state index is 1.23. The van der Waals surface area contributed by atoms with Gasteiger partial charge in [-0.1, -0.05) is 64.0 Å². The Morgan fingerprint density at radius 3 is 1.92 bits per heavy atom. The maximum absolute atomic E-state index is 3.06. The van der Waals surface area contributed by atoms with E-state index in [1.54, 1.807) is 0 Å². The molecule has 0 heteroatoms. The summed E-state index contributed by atoms with van der Waals surface area (Å²) in [7, 11) is 0. The van der Waals surface area contributed by atoms with Crippen molar-refractivity contribution in [3.63, 3.8) is 0 Å². The third kappa shape index (κ3) is 11.7. The minimum Gasteiger partial charge on any atom is -0.0813 e. The van der Waals surface area contributed by atoms with Gasteiger partial charge in [-0.3, -0.25) is 0 Å². The fourth-order valence-corrected chi connectivity index (χ4v) is 1.52. The lowest BCUT2D eigenvalue weighted by Gasteiger charge is -1.99. The highest BCUT2D eigenvalue weighted by Crippen LogP contribution is 2.09. The van der Waals surface area contributed by atoms with E-state index in [1.807, 2.05) is 6.92 Å². The highest BCUT2D eigenvalue weighted by atomic mass is 14.0. The molecule has 0 aromatic heterocycles. The molecule has 1 radical (unpaired) electrons. The molecule has 0 bridgehead atoms. The summed E-state index contributed by atoms with van der Waals surface area (Å²) in [6, 6.07) is 0. The van der Waals surface area contributed by atoms with Crippen molar-refractivity contribution in [2.75, 3.05) is 0 Å². The lowest BCUT2D eigenvalue weighted by atomic mass is 10.1. The van der Waals surface area contributed by atoms with Gasteiger partial charge in [0.2, 0.25) is 0 Å². The van der Waals surface area contributed by atoms with Crippen molar-refractivity contribution in [2.45, 2.75) is 71.6 Å². The van der Waals surface area contributed by atoms with Gasteiger partial charge >= 0.3 is 0 Å². The molecule has 77 valence electrons. The largest absolute Gasteiger partial charge is 0.0813 e. The Morgan fingerprint density at radius 1 is 0.846 bits per heavy atom. The molecule has 0 fully saturated rings. The average molecular weight is 181 g/mol. The summed E-state index contributed by atoms with van der Waals surface area (Å²) < 4.78 is 0. The zero-order valence-electron chi connectivity index (χ0n) is 9.44. The quantitative estimate of drug-likeness (QED) is 0.444. The summed E-state index contributed by atoms with van der Waals surface area (Å²) >= 11 is 0. The van der Waals surface area contributed by atoms with Crippen LogP contribution in [-0.4, -0.2) is 0 Å². The van der Waals surface area contributed by atoms with Gasteiger partial charge in [-0.2, -0.15) is 0 Å². The van der Waals surface area contributed by atoms with E-state index in [2.05, 4.69) is 19.1 Å². The average Bonchev–Trinajstić information content (AvgIpc) is 2.16. The highest BCUT2D eigenvalue weighted by Gasteiger charge is 1.89. The predicted octanol–water partition coefficient (Wildman–Crippen LogP) is 4.90. The molecule has 13 heavy (non-hydrogen) atoms. The Bertz CT molecular complexity index is 103. The normalized spacial score (nSPS) is 11.2. The molecule has 0 nitrogen and oxygen atoms in total. The lowest BCUT2D eigenvalue weighted by Crippen LogP contribution is -1.79. The molecule has 0 atom stereocenters. The number of unbranched alkanes of at least 4 members (excludes halogenated alkanes) is 8. The summed E-state index contributed by atoms with van der Waals surface area (Å²) in [6.45, 7) is 4.25. The molecule has 0 amide bonds. The zero-order chi connectivity index (χ0) is 9.78. The van der Waals surface area contributed by atoms with Crippen molar-refractivity contribution < 1.29 is 0 Å². The van der Waals surface area contributed by atoms with Crippen LogP contribution in [0, 0.1) is 6.08 Å². The predicted molar refractivity (Wildman–Crippen MR) is 60.7 cm³/mol. The number of hydrogen-bond donors (Lipinski definition) is 0. The van der Waals surface area contributed by atoms with E-state index in [-0.39, 0.29) is 0 Å². The second-order valence-corrected chi connectivity index (χ2v) is 3.76. The van der Waals surface area contributed by atoms with Crippen LogP contribution in [0.15, 0.2) is 6.08 Å². The van der Waals surface area contributed by atoms with E-state index in [1.165, 1.54) is 57.8 Å². The maximum Gasteiger partial charge on any atom is -0.0345 e. The van der Waals surface area contributed by atoms with Gasteiger partial charge in [-0.25, -0.2) is 0 Å². The molecule has 0 aliphatic rings. The molecule has 0 unspecified atom stereocenters. The Kier molecular flexibility index (Phi) is 11.5. The van der Waals surface area contributed by atoms with E-state index in [9.17, 15) is 0 Å². The van der Waals surface area contributed by atoms with E-state index in [0.717, 1.165) is 0 Å². The van der Waals surface area contributed by atoms with Crippen LogP contribution in [0.25, 0.3) is 0 Å². The van der Waals surface area contributed by atoms with E-state index < -0.39 is 0 Å². The third-order valence-electron chi connectivity index (χ3n) is 2.41. The molecular formula is C13H25. The lowest BCUT2D eigenvalue weighted by molar-refractivity contribution is 0.577. The standard InChI is InChI=1S/C13H25/c1-3-5-7-9-11-13-12-10-8-6-4-2/h6H,3,5,7-13H2,1-2H3. The maximum atomic E-state index is 3.06. The number of hydrogen-bond acceptors (Lipinski definition) is 0. The van der Waals surface area contributed by atoms with E-state index in [0.29, 0.717) is 0 Å². The SMILES string of the molecule is C/[C]=C\CCCCCCCCCC. The second-order valence-electron chi connectivity index (χ2n) is 3.76. The first-order valence-corrected chi connectivity index (χ1v) is 5.90. The van der Waals surface area contributed by atoms with Gasteiger partial charge in [-0.05, 0) is 19.8 Å².